The Labute approximate surface area is 119 Å². The van der Waals surface area contributed by atoms with E-state index in [0.29, 0.717) is 10.6 Å². The minimum absolute atomic E-state index is 0.190. The molecule has 2 N–H and O–H groups in total. The lowest BCUT2D eigenvalue weighted by molar-refractivity contribution is 0.0918. The summed E-state index contributed by atoms with van der Waals surface area (Å²) in [5.41, 5.74) is 0.819. The standard InChI is InChI=1S/C13H15NO3S2/c1-8-5-11(17-2)12(19-8)13(16)14-6-10(15)9-3-4-18-7-9/h3-5,7,10,15H,6H2,1-2H3,(H,14,16). The van der Waals surface area contributed by atoms with Crippen molar-refractivity contribution in [3.05, 3.63) is 38.2 Å². The van der Waals surface area contributed by atoms with Gasteiger partial charge < -0.3 is 15.2 Å². The molecule has 0 aromatic carbocycles. The van der Waals surface area contributed by atoms with Crippen LogP contribution in [0.4, 0.5) is 0 Å². The summed E-state index contributed by atoms with van der Waals surface area (Å²) in [6.45, 7) is 2.11. The third-order valence-electron chi connectivity index (χ3n) is 2.63. The van der Waals surface area contributed by atoms with Crippen molar-refractivity contribution >= 4 is 28.6 Å². The minimum atomic E-state index is -0.678. The first kappa shape index (κ1) is 14.0. The van der Waals surface area contributed by atoms with E-state index in [4.69, 9.17) is 4.74 Å². The molecule has 19 heavy (non-hydrogen) atoms. The van der Waals surface area contributed by atoms with E-state index in [2.05, 4.69) is 5.32 Å². The highest BCUT2D eigenvalue weighted by Crippen LogP contribution is 2.28. The van der Waals surface area contributed by atoms with Crippen LogP contribution in [-0.2, 0) is 0 Å². The number of ether oxygens (including phenoxy) is 1. The van der Waals surface area contributed by atoms with E-state index < -0.39 is 6.10 Å². The van der Waals surface area contributed by atoms with Gasteiger partial charge in [0.2, 0.25) is 0 Å². The summed E-state index contributed by atoms with van der Waals surface area (Å²) < 4.78 is 5.16. The molecule has 0 aliphatic heterocycles. The molecule has 2 aromatic heterocycles. The Morgan fingerprint density at radius 3 is 3.00 bits per heavy atom. The van der Waals surface area contributed by atoms with Gasteiger partial charge in [0.1, 0.15) is 10.6 Å². The molecule has 0 radical (unpaired) electrons. The normalized spacial score (nSPS) is 12.2. The second kappa shape index (κ2) is 6.18. The largest absolute Gasteiger partial charge is 0.495 e. The molecule has 1 unspecified atom stereocenters. The minimum Gasteiger partial charge on any atom is -0.495 e. The van der Waals surface area contributed by atoms with Crippen molar-refractivity contribution in [2.24, 2.45) is 0 Å². The van der Waals surface area contributed by atoms with Gasteiger partial charge in [-0.05, 0) is 35.4 Å². The van der Waals surface area contributed by atoms with Crippen LogP contribution in [-0.4, -0.2) is 24.7 Å². The fourth-order valence-electron chi connectivity index (χ4n) is 1.65. The summed E-state index contributed by atoms with van der Waals surface area (Å²) >= 11 is 2.90. The maximum absolute atomic E-state index is 12.0. The SMILES string of the molecule is COc1cc(C)sc1C(=O)NCC(O)c1ccsc1. The van der Waals surface area contributed by atoms with Gasteiger partial charge in [-0.3, -0.25) is 4.79 Å². The van der Waals surface area contributed by atoms with E-state index >= 15 is 0 Å². The number of hydrogen-bond donors (Lipinski definition) is 2. The maximum Gasteiger partial charge on any atom is 0.265 e. The van der Waals surface area contributed by atoms with Gasteiger partial charge in [0.05, 0.1) is 13.2 Å². The number of aryl methyl sites for hydroxylation is 1. The number of aliphatic hydroxyl groups is 1. The van der Waals surface area contributed by atoms with Crippen molar-refractivity contribution in [3.63, 3.8) is 0 Å². The quantitative estimate of drug-likeness (QED) is 0.892. The molecular formula is C13H15NO3S2. The van der Waals surface area contributed by atoms with Crippen LogP contribution in [0.15, 0.2) is 22.9 Å². The topological polar surface area (TPSA) is 58.6 Å². The first-order chi connectivity index (χ1) is 9.11. The smallest absolute Gasteiger partial charge is 0.265 e. The van der Waals surface area contributed by atoms with Crippen molar-refractivity contribution in [2.45, 2.75) is 13.0 Å². The lowest BCUT2D eigenvalue weighted by Crippen LogP contribution is -2.27. The van der Waals surface area contributed by atoms with E-state index in [-0.39, 0.29) is 12.5 Å². The lowest BCUT2D eigenvalue weighted by Gasteiger charge is -2.10. The molecule has 4 nitrogen and oxygen atoms in total. The molecule has 2 rings (SSSR count). The predicted molar refractivity (Wildman–Crippen MR) is 77.2 cm³/mol. The van der Waals surface area contributed by atoms with Crippen molar-refractivity contribution in [1.82, 2.24) is 5.32 Å². The lowest BCUT2D eigenvalue weighted by atomic mass is 10.2. The van der Waals surface area contributed by atoms with Crippen LogP contribution in [0.3, 0.4) is 0 Å². The average molecular weight is 297 g/mol. The number of methoxy groups -OCH3 is 1. The Hall–Kier alpha value is -1.37. The van der Waals surface area contributed by atoms with Crippen LogP contribution >= 0.6 is 22.7 Å². The predicted octanol–water partition coefficient (Wildman–Crippen LogP) is 2.59. The van der Waals surface area contributed by atoms with Crippen molar-refractivity contribution in [1.29, 1.82) is 0 Å². The van der Waals surface area contributed by atoms with Crippen LogP contribution in [0.5, 0.6) is 5.75 Å². The summed E-state index contributed by atoms with van der Waals surface area (Å²) in [5, 5.41) is 16.4. The first-order valence-electron chi connectivity index (χ1n) is 5.74. The average Bonchev–Trinajstić information content (AvgIpc) is 3.04. The molecule has 0 spiro atoms. The van der Waals surface area contributed by atoms with Crippen LogP contribution in [0, 0.1) is 6.92 Å². The first-order valence-corrected chi connectivity index (χ1v) is 7.50. The summed E-state index contributed by atoms with van der Waals surface area (Å²) in [7, 11) is 1.54. The molecule has 2 aromatic rings. The highest BCUT2D eigenvalue weighted by molar-refractivity contribution is 7.14. The van der Waals surface area contributed by atoms with E-state index in [9.17, 15) is 9.90 Å². The fourth-order valence-corrected chi connectivity index (χ4v) is 3.26. The van der Waals surface area contributed by atoms with Crippen LogP contribution in [0.25, 0.3) is 0 Å². The molecule has 0 aliphatic carbocycles. The maximum atomic E-state index is 12.0. The molecule has 0 aliphatic rings. The van der Waals surface area contributed by atoms with Crippen LogP contribution < -0.4 is 10.1 Å². The van der Waals surface area contributed by atoms with Gasteiger partial charge in [-0.1, -0.05) is 0 Å². The Kier molecular flexibility index (Phi) is 4.57. The van der Waals surface area contributed by atoms with E-state index in [1.165, 1.54) is 22.7 Å². The third kappa shape index (κ3) is 3.34. The van der Waals surface area contributed by atoms with Gasteiger partial charge in [0.15, 0.2) is 0 Å². The molecule has 0 bridgehead atoms. The van der Waals surface area contributed by atoms with Crippen LogP contribution in [0.1, 0.15) is 26.2 Å². The van der Waals surface area contributed by atoms with Crippen molar-refractivity contribution in [3.8, 4) is 5.75 Å². The Morgan fingerprint density at radius 2 is 2.37 bits per heavy atom. The molecule has 102 valence electrons. The van der Waals surface area contributed by atoms with Gasteiger partial charge in [-0.2, -0.15) is 11.3 Å². The molecule has 1 amide bonds. The summed E-state index contributed by atoms with van der Waals surface area (Å²) in [5.74, 6) is 0.356. The highest BCUT2D eigenvalue weighted by atomic mass is 32.1. The highest BCUT2D eigenvalue weighted by Gasteiger charge is 2.17. The molecule has 2 heterocycles. The Bertz CT molecular complexity index is 548. The van der Waals surface area contributed by atoms with E-state index in [0.717, 1.165) is 10.4 Å². The number of amides is 1. The molecular weight excluding hydrogens is 282 g/mol. The number of thiophene rings is 2. The summed E-state index contributed by atoms with van der Waals surface area (Å²) in [6, 6.07) is 3.67. The summed E-state index contributed by atoms with van der Waals surface area (Å²) in [4.78, 5) is 13.6. The Morgan fingerprint density at radius 1 is 1.58 bits per heavy atom. The third-order valence-corrected chi connectivity index (χ3v) is 4.36. The number of rotatable bonds is 5. The van der Waals surface area contributed by atoms with Gasteiger partial charge in [-0.15, -0.1) is 11.3 Å². The van der Waals surface area contributed by atoms with Crippen molar-refractivity contribution in [2.75, 3.05) is 13.7 Å². The Balaban J connectivity index is 1.97. The zero-order valence-corrected chi connectivity index (χ0v) is 12.3. The van der Waals surface area contributed by atoms with Gasteiger partial charge >= 0.3 is 0 Å². The monoisotopic (exact) mass is 297 g/mol. The van der Waals surface area contributed by atoms with Gasteiger partial charge in [-0.25, -0.2) is 0 Å². The van der Waals surface area contributed by atoms with E-state index in [1.54, 1.807) is 7.11 Å². The number of carbonyl (C=O) groups excluding carboxylic acids is 1. The number of carbonyl (C=O) groups is 1. The fraction of sp³-hybridized carbons (Fsp3) is 0.308. The number of nitrogens with one attached hydrogen (secondary N) is 1. The second-order valence-electron chi connectivity index (χ2n) is 4.04. The molecule has 0 saturated heterocycles. The van der Waals surface area contributed by atoms with Crippen molar-refractivity contribution < 1.29 is 14.6 Å². The molecule has 1 atom stereocenters. The molecule has 0 fully saturated rings. The number of aliphatic hydroxyl groups excluding tert-OH is 1. The van der Waals surface area contributed by atoms with Gasteiger partial charge in [0.25, 0.3) is 5.91 Å². The van der Waals surface area contributed by atoms with E-state index in [1.807, 2.05) is 29.8 Å². The zero-order valence-electron chi connectivity index (χ0n) is 10.7. The summed E-state index contributed by atoms with van der Waals surface area (Å²) in [6.07, 6.45) is -0.678. The molecule has 0 saturated carbocycles. The molecule has 6 heteroatoms. The second-order valence-corrected chi connectivity index (χ2v) is 6.07. The number of hydrogen-bond acceptors (Lipinski definition) is 5. The van der Waals surface area contributed by atoms with Crippen LogP contribution in [0.2, 0.25) is 0 Å². The zero-order chi connectivity index (χ0) is 13.8. The van der Waals surface area contributed by atoms with Gasteiger partial charge in [0, 0.05) is 11.4 Å².